The standard InChI is InChI=1S/C12H14F2N2O/c1-15-6-9-3-2-4-10(5-9)11(17)16-7-12(13,14)8-16/h2-5,15H,6-8H2,1H3. The van der Waals surface area contributed by atoms with Crippen LogP contribution in [0.2, 0.25) is 0 Å². The molecule has 2 rings (SSSR count). The molecule has 1 heterocycles. The number of hydrogen-bond donors (Lipinski definition) is 1. The predicted octanol–water partition coefficient (Wildman–Crippen LogP) is 1.50. The molecule has 92 valence electrons. The van der Waals surface area contributed by atoms with E-state index in [0.717, 1.165) is 5.56 Å². The fraction of sp³-hybridized carbons (Fsp3) is 0.417. The SMILES string of the molecule is CNCc1cccc(C(=O)N2CC(F)(F)C2)c1. The molecule has 1 N–H and O–H groups in total. The first-order chi connectivity index (χ1) is 8.02. The second kappa shape index (κ2) is 4.41. The van der Waals surface area contributed by atoms with Crippen molar-refractivity contribution in [1.29, 1.82) is 0 Å². The maximum Gasteiger partial charge on any atom is 0.282 e. The molecule has 0 atom stereocenters. The van der Waals surface area contributed by atoms with E-state index in [1.165, 1.54) is 4.90 Å². The third-order valence-corrected chi connectivity index (χ3v) is 2.69. The van der Waals surface area contributed by atoms with E-state index in [4.69, 9.17) is 0 Å². The minimum Gasteiger partial charge on any atom is -0.326 e. The zero-order valence-corrected chi connectivity index (χ0v) is 9.54. The molecule has 1 saturated heterocycles. The van der Waals surface area contributed by atoms with Gasteiger partial charge in [-0.1, -0.05) is 12.1 Å². The largest absolute Gasteiger partial charge is 0.326 e. The van der Waals surface area contributed by atoms with Crippen LogP contribution in [-0.4, -0.2) is 36.9 Å². The average Bonchev–Trinajstić information content (AvgIpc) is 2.26. The predicted molar refractivity (Wildman–Crippen MR) is 60.1 cm³/mol. The van der Waals surface area contributed by atoms with Gasteiger partial charge in [-0.2, -0.15) is 0 Å². The van der Waals surface area contributed by atoms with E-state index in [2.05, 4.69) is 5.32 Å². The zero-order valence-electron chi connectivity index (χ0n) is 9.54. The van der Waals surface area contributed by atoms with Gasteiger partial charge in [0.2, 0.25) is 0 Å². The minimum atomic E-state index is -2.71. The van der Waals surface area contributed by atoms with Crippen molar-refractivity contribution in [2.24, 2.45) is 0 Å². The van der Waals surface area contributed by atoms with E-state index < -0.39 is 19.0 Å². The van der Waals surface area contributed by atoms with Crippen molar-refractivity contribution in [2.75, 3.05) is 20.1 Å². The molecule has 3 nitrogen and oxygen atoms in total. The first-order valence-corrected chi connectivity index (χ1v) is 5.42. The van der Waals surface area contributed by atoms with Crippen LogP contribution in [0.1, 0.15) is 15.9 Å². The van der Waals surface area contributed by atoms with E-state index >= 15 is 0 Å². The molecule has 1 aromatic rings. The zero-order chi connectivity index (χ0) is 12.5. The van der Waals surface area contributed by atoms with Gasteiger partial charge in [0.25, 0.3) is 11.8 Å². The van der Waals surface area contributed by atoms with E-state index in [-0.39, 0.29) is 5.91 Å². The summed E-state index contributed by atoms with van der Waals surface area (Å²) in [7, 11) is 1.81. The van der Waals surface area contributed by atoms with Gasteiger partial charge >= 0.3 is 0 Å². The van der Waals surface area contributed by atoms with Crippen molar-refractivity contribution in [1.82, 2.24) is 10.2 Å². The van der Waals surface area contributed by atoms with Crippen LogP contribution in [0.4, 0.5) is 8.78 Å². The van der Waals surface area contributed by atoms with Crippen molar-refractivity contribution in [3.8, 4) is 0 Å². The van der Waals surface area contributed by atoms with Crippen LogP contribution in [0.25, 0.3) is 0 Å². The Bertz CT molecular complexity index is 426. The third-order valence-electron chi connectivity index (χ3n) is 2.69. The topological polar surface area (TPSA) is 32.3 Å². The molecule has 0 radical (unpaired) electrons. The number of carbonyl (C=O) groups is 1. The van der Waals surface area contributed by atoms with Gasteiger partial charge in [-0.25, -0.2) is 8.78 Å². The summed E-state index contributed by atoms with van der Waals surface area (Å²) in [6, 6.07) is 7.03. The molecule has 1 amide bonds. The van der Waals surface area contributed by atoms with E-state index in [1.54, 1.807) is 18.2 Å². The van der Waals surface area contributed by atoms with E-state index in [0.29, 0.717) is 12.1 Å². The smallest absolute Gasteiger partial charge is 0.282 e. The molecule has 0 aliphatic carbocycles. The molecular formula is C12H14F2N2O. The maximum atomic E-state index is 12.7. The lowest BCUT2D eigenvalue weighted by molar-refractivity contribution is -0.113. The maximum absolute atomic E-state index is 12.7. The second-order valence-corrected chi connectivity index (χ2v) is 4.25. The number of alkyl halides is 2. The first kappa shape index (κ1) is 12.0. The van der Waals surface area contributed by atoms with Crippen molar-refractivity contribution in [3.05, 3.63) is 35.4 Å². The van der Waals surface area contributed by atoms with Gasteiger partial charge in [-0.15, -0.1) is 0 Å². The van der Waals surface area contributed by atoms with Crippen molar-refractivity contribution < 1.29 is 13.6 Å². The highest BCUT2D eigenvalue weighted by Gasteiger charge is 2.46. The van der Waals surface area contributed by atoms with Crippen LogP contribution in [0.15, 0.2) is 24.3 Å². The fourth-order valence-electron chi connectivity index (χ4n) is 1.86. The van der Waals surface area contributed by atoms with Gasteiger partial charge in [0.05, 0.1) is 13.1 Å². The van der Waals surface area contributed by atoms with Gasteiger partial charge in [0.15, 0.2) is 0 Å². The summed E-state index contributed by atoms with van der Waals surface area (Å²) in [6.07, 6.45) is 0. The summed E-state index contributed by atoms with van der Waals surface area (Å²) in [5.74, 6) is -3.04. The molecule has 0 spiro atoms. The Kier molecular flexibility index (Phi) is 3.11. The molecule has 1 fully saturated rings. The number of nitrogens with zero attached hydrogens (tertiary/aromatic N) is 1. The van der Waals surface area contributed by atoms with Crippen molar-refractivity contribution >= 4 is 5.91 Å². The summed E-state index contributed by atoms with van der Waals surface area (Å²) in [5, 5.41) is 2.98. The summed E-state index contributed by atoms with van der Waals surface area (Å²) in [4.78, 5) is 13.0. The summed E-state index contributed by atoms with van der Waals surface area (Å²) < 4.78 is 25.3. The summed E-state index contributed by atoms with van der Waals surface area (Å²) >= 11 is 0. The molecule has 0 bridgehead atoms. The summed E-state index contributed by atoms with van der Waals surface area (Å²) in [6.45, 7) is -0.290. The Hall–Kier alpha value is -1.49. The number of nitrogens with one attached hydrogen (secondary N) is 1. The molecule has 0 aromatic heterocycles. The number of halogens is 2. The number of carbonyl (C=O) groups excluding carboxylic acids is 1. The van der Waals surface area contributed by atoms with Gasteiger partial charge in [-0.05, 0) is 24.7 Å². The van der Waals surface area contributed by atoms with E-state index in [1.807, 2.05) is 13.1 Å². The summed E-state index contributed by atoms with van der Waals surface area (Å²) in [5.41, 5.74) is 1.43. The Labute approximate surface area is 98.4 Å². The second-order valence-electron chi connectivity index (χ2n) is 4.25. The Morgan fingerprint density at radius 1 is 1.47 bits per heavy atom. The number of hydrogen-bond acceptors (Lipinski definition) is 2. The van der Waals surface area contributed by atoms with Crippen LogP contribution in [0, 0.1) is 0 Å². The highest BCUT2D eigenvalue weighted by Crippen LogP contribution is 2.28. The van der Waals surface area contributed by atoms with Gasteiger partial charge in [-0.3, -0.25) is 4.79 Å². The molecule has 5 heteroatoms. The Morgan fingerprint density at radius 3 is 2.76 bits per heavy atom. The van der Waals surface area contributed by atoms with Gasteiger partial charge in [0.1, 0.15) is 0 Å². The van der Waals surface area contributed by atoms with E-state index in [9.17, 15) is 13.6 Å². The molecular weight excluding hydrogens is 226 g/mol. The lowest BCUT2D eigenvalue weighted by atomic mass is 10.1. The van der Waals surface area contributed by atoms with Crippen LogP contribution >= 0.6 is 0 Å². The average molecular weight is 240 g/mol. The highest BCUT2D eigenvalue weighted by molar-refractivity contribution is 5.95. The minimum absolute atomic E-state index is 0.325. The lowest BCUT2D eigenvalue weighted by Crippen LogP contribution is -2.58. The molecule has 1 aromatic carbocycles. The Balaban J connectivity index is 2.07. The van der Waals surface area contributed by atoms with Crippen LogP contribution in [-0.2, 0) is 6.54 Å². The third kappa shape index (κ3) is 2.61. The molecule has 17 heavy (non-hydrogen) atoms. The number of amides is 1. The Morgan fingerprint density at radius 2 is 2.18 bits per heavy atom. The first-order valence-electron chi connectivity index (χ1n) is 5.42. The van der Waals surface area contributed by atoms with Crippen molar-refractivity contribution in [3.63, 3.8) is 0 Å². The van der Waals surface area contributed by atoms with Crippen LogP contribution < -0.4 is 5.32 Å². The van der Waals surface area contributed by atoms with Crippen LogP contribution in [0.5, 0.6) is 0 Å². The van der Waals surface area contributed by atoms with Gasteiger partial charge in [0, 0.05) is 12.1 Å². The number of rotatable bonds is 3. The highest BCUT2D eigenvalue weighted by atomic mass is 19.3. The molecule has 1 aliphatic rings. The van der Waals surface area contributed by atoms with Crippen LogP contribution in [0.3, 0.4) is 0 Å². The quantitative estimate of drug-likeness (QED) is 0.868. The van der Waals surface area contributed by atoms with Gasteiger partial charge < -0.3 is 10.2 Å². The monoisotopic (exact) mass is 240 g/mol. The normalized spacial score (nSPS) is 17.7. The lowest BCUT2D eigenvalue weighted by Gasteiger charge is -2.38. The molecule has 0 unspecified atom stereocenters. The van der Waals surface area contributed by atoms with Crippen molar-refractivity contribution in [2.45, 2.75) is 12.5 Å². The molecule has 1 aliphatic heterocycles. The number of benzene rings is 1. The fourth-order valence-corrected chi connectivity index (χ4v) is 1.86. The number of likely N-dealkylation sites (tertiary alicyclic amines) is 1. The molecule has 0 saturated carbocycles.